The molecule has 3 aromatic rings. The first-order valence-electron chi connectivity index (χ1n) is 7.70. The van der Waals surface area contributed by atoms with Gasteiger partial charge in [-0.25, -0.2) is 9.67 Å². The quantitative estimate of drug-likeness (QED) is 0.726. The van der Waals surface area contributed by atoms with Gasteiger partial charge >= 0.3 is 0 Å². The van der Waals surface area contributed by atoms with Gasteiger partial charge in [-0.05, 0) is 18.1 Å². The number of ketones is 1. The van der Waals surface area contributed by atoms with Gasteiger partial charge < -0.3 is 0 Å². The predicted molar refractivity (Wildman–Crippen MR) is 89.1 cm³/mol. The second-order valence-corrected chi connectivity index (χ2v) is 5.56. The number of aryl methyl sites for hydroxylation is 1. The average Bonchev–Trinajstić information content (AvgIpc) is 3.11. The fourth-order valence-corrected chi connectivity index (χ4v) is 3.07. The first-order chi connectivity index (χ1) is 11.2. The third kappa shape index (κ3) is 2.46. The van der Waals surface area contributed by atoms with Crippen LogP contribution >= 0.6 is 0 Å². The Morgan fingerprint density at radius 3 is 2.43 bits per heavy atom. The number of rotatable bonds is 5. The van der Waals surface area contributed by atoms with Gasteiger partial charge in [0.05, 0.1) is 0 Å². The van der Waals surface area contributed by atoms with Crippen LogP contribution in [0.1, 0.15) is 30.0 Å². The fourth-order valence-electron chi connectivity index (χ4n) is 3.07. The fraction of sp³-hybridized carbons (Fsp3) is 0.211. The van der Waals surface area contributed by atoms with Crippen molar-refractivity contribution in [3.63, 3.8) is 0 Å². The predicted octanol–water partition coefficient (Wildman–Crippen LogP) is 3.36. The first kappa shape index (κ1) is 15.2. The van der Waals surface area contributed by atoms with E-state index in [1.165, 1.54) is 6.33 Å². The number of aromatic nitrogens is 3. The van der Waals surface area contributed by atoms with Crippen LogP contribution in [0.3, 0.4) is 0 Å². The number of hydrogen-bond acceptors (Lipinski definition) is 3. The summed E-state index contributed by atoms with van der Waals surface area (Å²) >= 11 is 0. The van der Waals surface area contributed by atoms with Gasteiger partial charge in [-0.3, -0.25) is 4.79 Å². The molecule has 0 amide bonds. The molecule has 1 atom stereocenters. The highest BCUT2D eigenvalue weighted by Crippen LogP contribution is 2.35. The molecule has 0 saturated heterocycles. The number of nitrogens with zero attached hydrogens (tertiary/aromatic N) is 3. The molecule has 1 unspecified atom stereocenters. The Bertz CT molecular complexity index is 797. The summed E-state index contributed by atoms with van der Waals surface area (Å²) in [6.07, 6.45) is 3.49. The minimum Gasteiger partial charge on any atom is -0.296 e. The van der Waals surface area contributed by atoms with Crippen LogP contribution in [-0.4, -0.2) is 20.5 Å². The standard InChI is InChI=1S/C19H19N3O/c1-3-18(23)19(22-14-20-13-21-22,16-9-5-4-6-10-16)17-11-7-8-15(2)12-17/h4-14H,3H2,1-2H3. The van der Waals surface area contributed by atoms with E-state index in [0.29, 0.717) is 6.42 Å². The number of Topliss-reactive ketones (excluding diaryl/α,β-unsaturated/α-hetero) is 1. The Kier molecular flexibility index (Phi) is 4.06. The molecule has 0 radical (unpaired) electrons. The van der Waals surface area contributed by atoms with Crippen molar-refractivity contribution >= 4 is 5.78 Å². The molecular formula is C19H19N3O. The van der Waals surface area contributed by atoms with Gasteiger partial charge in [-0.2, -0.15) is 5.10 Å². The molecule has 4 nitrogen and oxygen atoms in total. The Balaban J connectivity index is 2.38. The van der Waals surface area contributed by atoms with Gasteiger partial charge in [0.25, 0.3) is 0 Å². The van der Waals surface area contributed by atoms with Crippen molar-refractivity contribution < 1.29 is 4.79 Å². The first-order valence-corrected chi connectivity index (χ1v) is 7.70. The van der Waals surface area contributed by atoms with E-state index in [9.17, 15) is 4.79 Å². The average molecular weight is 305 g/mol. The molecule has 0 bridgehead atoms. The van der Waals surface area contributed by atoms with Crippen molar-refractivity contribution in [1.82, 2.24) is 14.8 Å². The maximum absolute atomic E-state index is 13.2. The molecule has 0 spiro atoms. The molecule has 23 heavy (non-hydrogen) atoms. The number of carbonyl (C=O) groups is 1. The normalized spacial score (nSPS) is 13.5. The van der Waals surface area contributed by atoms with E-state index in [2.05, 4.69) is 10.1 Å². The SMILES string of the molecule is CCC(=O)C(c1ccccc1)(c1cccc(C)c1)n1cncn1. The summed E-state index contributed by atoms with van der Waals surface area (Å²) in [6.45, 7) is 3.91. The van der Waals surface area contributed by atoms with Crippen LogP contribution in [0.25, 0.3) is 0 Å². The van der Waals surface area contributed by atoms with Crippen LogP contribution in [0.2, 0.25) is 0 Å². The van der Waals surface area contributed by atoms with E-state index in [0.717, 1.165) is 16.7 Å². The summed E-state index contributed by atoms with van der Waals surface area (Å²) < 4.78 is 1.67. The maximum Gasteiger partial charge on any atom is 0.172 e. The van der Waals surface area contributed by atoms with Crippen LogP contribution in [0, 0.1) is 6.92 Å². The summed E-state index contributed by atoms with van der Waals surface area (Å²) in [5, 5.41) is 4.32. The Morgan fingerprint density at radius 2 is 1.83 bits per heavy atom. The number of carbonyl (C=O) groups excluding carboxylic acids is 1. The van der Waals surface area contributed by atoms with E-state index in [4.69, 9.17) is 0 Å². The second-order valence-electron chi connectivity index (χ2n) is 5.56. The van der Waals surface area contributed by atoms with Gasteiger partial charge in [-0.1, -0.05) is 67.1 Å². The molecule has 0 aliphatic carbocycles. The molecule has 0 fully saturated rings. The molecule has 0 N–H and O–H groups in total. The minimum absolute atomic E-state index is 0.0831. The van der Waals surface area contributed by atoms with Crippen LogP contribution in [0.5, 0.6) is 0 Å². The topological polar surface area (TPSA) is 47.8 Å². The molecule has 116 valence electrons. The summed E-state index contributed by atoms with van der Waals surface area (Å²) in [5.74, 6) is 0.0831. The summed E-state index contributed by atoms with van der Waals surface area (Å²) in [4.78, 5) is 17.2. The van der Waals surface area contributed by atoms with Gasteiger partial charge in [0, 0.05) is 6.42 Å². The monoisotopic (exact) mass is 305 g/mol. The van der Waals surface area contributed by atoms with E-state index in [-0.39, 0.29) is 5.78 Å². The van der Waals surface area contributed by atoms with Gasteiger partial charge in [0.15, 0.2) is 11.3 Å². The molecule has 0 aliphatic rings. The molecular weight excluding hydrogens is 286 g/mol. The lowest BCUT2D eigenvalue weighted by molar-refractivity contribution is -0.124. The Morgan fingerprint density at radius 1 is 1.09 bits per heavy atom. The van der Waals surface area contributed by atoms with Crippen molar-refractivity contribution in [2.45, 2.75) is 25.8 Å². The molecule has 1 heterocycles. The third-order valence-corrected chi connectivity index (χ3v) is 4.11. The molecule has 0 aliphatic heterocycles. The highest BCUT2D eigenvalue weighted by molar-refractivity contribution is 5.93. The highest BCUT2D eigenvalue weighted by Gasteiger charge is 2.43. The summed E-state index contributed by atoms with van der Waals surface area (Å²) in [5.41, 5.74) is 1.91. The van der Waals surface area contributed by atoms with E-state index in [1.807, 2.05) is 68.4 Å². The summed E-state index contributed by atoms with van der Waals surface area (Å²) in [7, 11) is 0. The van der Waals surface area contributed by atoms with Crippen molar-refractivity contribution in [2.75, 3.05) is 0 Å². The van der Waals surface area contributed by atoms with Crippen molar-refractivity contribution in [3.05, 3.63) is 83.9 Å². The lowest BCUT2D eigenvalue weighted by atomic mass is 9.78. The largest absolute Gasteiger partial charge is 0.296 e. The zero-order valence-electron chi connectivity index (χ0n) is 13.3. The second kappa shape index (κ2) is 6.16. The minimum atomic E-state index is -0.988. The van der Waals surface area contributed by atoms with Crippen LogP contribution in [0.4, 0.5) is 0 Å². The zero-order chi connectivity index (χ0) is 16.3. The zero-order valence-corrected chi connectivity index (χ0v) is 13.3. The lowest BCUT2D eigenvalue weighted by Crippen LogP contribution is -2.44. The van der Waals surface area contributed by atoms with E-state index >= 15 is 0 Å². The van der Waals surface area contributed by atoms with E-state index < -0.39 is 5.54 Å². The third-order valence-electron chi connectivity index (χ3n) is 4.11. The molecule has 3 rings (SSSR count). The maximum atomic E-state index is 13.2. The Labute approximate surface area is 135 Å². The van der Waals surface area contributed by atoms with Gasteiger partial charge in [0.1, 0.15) is 12.7 Å². The van der Waals surface area contributed by atoms with Crippen molar-refractivity contribution in [1.29, 1.82) is 0 Å². The molecule has 2 aromatic carbocycles. The van der Waals surface area contributed by atoms with Crippen molar-refractivity contribution in [3.8, 4) is 0 Å². The highest BCUT2D eigenvalue weighted by atomic mass is 16.1. The van der Waals surface area contributed by atoms with E-state index in [1.54, 1.807) is 11.0 Å². The number of hydrogen-bond donors (Lipinski definition) is 0. The van der Waals surface area contributed by atoms with Gasteiger partial charge in [-0.15, -0.1) is 0 Å². The smallest absolute Gasteiger partial charge is 0.172 e. The molecule has 1 aromatic heterocycles. The number of benzene rings is 2. The summed E-state index contributed by atoms with van der Waals surface area (Å²) in [6, 6.07) is 17.8. The molecule has 0 saturated carbocycles. The van der Waals surface area contributed by atoms with Crippen LogP contribution < -0.4 is 0 Å². The Hall–Kier alpha value is -2.75. The molecule has 4 heteroatoms. The lowest BCUT2D eigenvalue weighted by Gasteiger charge is -2.33. The van der Waals surface area contributed by atoms with Crippen LogP contribution in [0.15, 0.2) is 67.3 Å². The van der Waals surface area contributed by atoms with Crippen molar-refractivity contribution in [2.24, 2.45) is 0 Å². The van der Waals surface area contributed by atoms with Gasteiger partial charge in [0.2, 0.25) is 0 Å². The van der Waals surface area contributed by atoms with Crippen LogP contribution in [-0.2, 0) is 10.3 Å².